The van der Waals surface area contributed by atoms with Gasteiger partial charge >= 0.3 is 0 Å². The fraction of sp³-hybridized carbons (Fsp3) is 0.333. The average Bonchev–Trinajstić information content (AvgIpc) is 2.36. The molecule has 0 unspecified atom stereocenters. The molecule has 1 amide bonds. The Labute approximate surface area is 114 Å². The van der Waals surface area contributed by atoms with E-state index in [-0.39, 0.29) is 24.5 Å². The van der Waals surface area contributed by atoms with E-state index < -0.39 is 28.9 Å². The number of nitrogens with two attached hydrogens (primary N) is 1. The van der Waals surface area contributed by atoms with E-state index >= 15 is 0 Å². The van der Waals surface area contributed by atoms with Crippen molar-refractivity contribution in [3.05, 3.63) is 35.1 Å². The second-order valence-electron chi connectivity index (χ2n) is 3.82. The Balaban J connectivity index is 2.98. The number of hydrogen-bond acceptors (Lipinski definition) is 2. The highest BCUT2D eigenvalue weighted by molar-refractivity contribution is 7.80. The standard InChI is InChI=1S/C12H13F3N2OS/c1-2-17(6-5-9(16)19)12(18)7-3-4-8(13)11(15)10(7)14/h3-4H,2,5-6H2,1H3,(H2,16,19). The first-order valence-electron chi connectivity index (χ1n) is 5.59. The van der Waals surface area contributed by atoms with Crippen LogP contribution in [0.1, 0.15) is 23.7 Å². The Hall–Kier alpha value is -1.63. The molecule has 1 aromatic carbocycles. The molecular weight excluding hydrogens is 277 g/mol. The van der Waals surface area contributed by atoms with Gasteiger partial charge in [-0.25, -0.2) is 13.2 Å². The number of hydrogen-bond donors (Lipinski definition) is 1. The molecular formula is C12H13F3N2OS. The normalized spacial score (nSPS) is 10.3. The fourth-order valence-corrected chi connectivity index (χ4v) is 1.60. The number of halogens is 3. The van der Waals surface area contributed by atoms with Gasteiger partial charge in [-0.2, -0.15) is 0 Å². The molecule has 1 aromatic rings. The van der Waals surface area contributed by atoms with Crippen LogP contribution in [0.15, 0.2) is 12.1 Å². The van der Waals surface area contributed by atoms with Crippen molar-refractivity contribution in [1.82, 2.24) is 4.90 Å². The van der Waals surface area contributed by atoms with Crippen LogP contribution in [0.2, 0.25) is 0 Å². The lowest BCUT2D eigenvalue weighted by Gasteiger charge is -2.21. The van der Waals surface area contributed by atoms with Gasteiger partial charge in [0.15, 0.2) is 17.5 Å². The molecule has 7 heteroatoms. The van der Waals surface area contributed by atoms with Gasteiger partial charge in [0.1, 0.15) is 0 Å². The highest BCUT2D eigenvalue weighted by atomic mass is 32.1. The molecule has 104 valence electrons. The lowest BCUT2D eigenvalue weighted by molar-refractivity contribution is 0.0763. The van der Waals surface area contributed by atoms with Crippen LogP contribution < -0.4 is 5.73 Å². The predicted molar refractivity (Wildman–Crippen MR) is 69.3 cm³/mol. The van der Waals surface area contributed by atoms with Crippen LogP contribution in [0, 0.1) is 17.5 Å². The number of carbonyl (C=O) groups excluding carboxylic acids is 1. The zero-order valence-corrected chi connectivity index (χ0v) is 11.1. The summed E-state index contributed by atoms with van der Waals surface area (Å²) in [6.45, 7) is 2.15. The van der Waals surface area contributed by atoms with Crippen LogP contribution in [-0.2, 0) is 0 Å². The maximum absolute atomic E-state index is 13.5. The number of nitrogens with zero attached hydrogens (tertiary/aromatic N) is 1. The maximum atomic E-state index is 13.5. The third-order valence-corrected chi connectivity index (χ3v) is 2.77. The highest BCUT2D eigenvalue weighted by Crippen LogP contribution is 2.17. The molecule has 1 rings (SSSR count). The van der Waals surface area contributed by atoms with Crippen molar-refractivity contribution in [2.45, 2.75) is 13.3 Å². The van der Waals surface area contributed by atoms with Crippen LogP contribution >= 0.6 is 12.2 Å². The summed E-state index contributed by atoms with van der Waals surface area (Å²) in [6.07, 6.45) is 0.278. The number of rotatable bonds is 5. The lowest BCUT2D eigenvalue weighted by atomic mass is 10.1. The molecule has 0 saturated carbocycles. The van der Waals surface area contributed by atoms with Gasteiger partial charge in [-0.15, -0.1) is 0 Å². The van der Waals surface area contributed by atoms with E-state index in [0.717, 1.165) is 6.07 Å². The molecule has 0 aliphatic carbocycles. The van der Waals surface area contributed by atoms with E-state index in [1.54, 1.807) is 6.92 Å². The minimum atomic E-state index is -1.66. The Morgan fingerprint density at radius 3 is 2.47 bits per heavy atom. The molecule has 0 fully saturated rings. The van der Waals surface area contributed by atoms with E-state index in [9.17, 15) is 18.0 Å². The summed E-state index contributed by atoms with van der Waals surface area (Å²) in [7, 11) is 0. The predicted octanol–water partition coefficient (Wildman–Crippen LogP) is 2.24. The van der Waals surface area contributed by atoms with E-state index in [1.165, 1.54) is 4.90 Å². The topological polar surface area (TPSA) is 46.3 Å². The van der Waals surface area contributed by atoms with Crippen LogP contribution in [0.4, 0.5) is 13.2 Å². The first-order chi connectivity index (χ1) is 8.88. The molecule has 0 aromatic heterocycles. The van der Waals surface area contributed by atoms with Crippen LogP contribution in [0.3, 0.4) is 0 Å². The fourth-order valence-electron chi connectivity index (χ4n) is 1.51. The van der Waals surface area contributed by atoms with Crippen molar-refractivity contribution < 1.29 is 18.0 Å². The second-order valence-corrected chi connectivity index (χ2v) is 4.35. The smallest absolute Gasteiger partial charge is 0.256 e. The van der Waals surface area contributed by atoms with Gasteiger partial charge in [0, 0.05) is 19.5 Å². The summed E-state index contributed by atoms with van der Waals surface area (Å²) in [5.41, 5.74) is 4.81. The molecule has 0 bridgehead atoms. The van der Waals surface area contributed by atoms with Crippen molar-refractivity contribution >= 4 is 23.1 Å². The summed E-state index contributed by atoms with van der Waals surface area (Å²) >= 11 is 4.68. The van der Waals surface area contributed by atoms with E-state index in [4.69, 9.17) is 5.73 Å². The van der Waals surface area contributed by atoms with Gasteiger partial charge < -0.3 is 10.6 Å². The molecule has 0 spiro atoms. The Morgan fingerprint density at radius 2 is 1.95 bits per heavy atom. The van der Waals surface area contributed by atoms with Gasteiger partial charge in [-0.1, -0.05) is 12.2 Å². The number of amides is 1. The third-order valence-electron chi connectivity index (χ3n) is 2.56. The minimum absolute atomic E-state index is 0.198. The van der Waals surface area contributed by atoms with Crippen molar-refractivity contribution in [3.63, 3.8) is 0 Å². The van der Waals surface area contributed by atoms with Crippen molar-refractivity contribution in [2.75, 3.05) is 13.1 Å². The monoisotopic (exact) mass is 290 g/mol. The van der Waals surface area contributed by atoms with Crippen LogP contribution in [-0.4, -0.2) is 28.9 Å². The molecule has 2 N–H and O–H groups in total. The number of thiocarbonyl (C=S) groups is 1. The maximum Gasteiger partial charge on any atom is 0.256 e. The molecule has 0 radical (unpaired) electrons. The van der Waals surface area contributed by atoms with Gasteiger partial charge in [0.2, 0.25) is 0 Å². The van der Waals surface area contributed by atoms with Crippen molar-refractivity contribution in [3.8, 4) is 0 Å². The summed E-state index contributed by atoms with van der Waals surface area (Å²) < 4.78 is 39.4. The molecule has 0 atom stereocenters. The van der Waals surface area contributed by atoms with Gasteiger partial charge in [0.05, 0.1) is 10.6 Å². The zero-order valence-electron chi connectivity index (χ0n) is 10.3. The minimum Gasteiger partial charge on any atom is -0.393 e. The quantitative estimate of drug-likeness (QED) is 0.668. The third kappa shape index (κ3) is 3.66. The van der Waals surface area contributed by atoms with Gasteiger partial charge in [0.25, 0.3) is 5.91 Å². The first kappa shape index (κ1) is 15.4. The van der Waals surface area contributed by atoms with Crippen LogP contribution in [0.25, 0.3) is 0 Å². The van der Waals surface area contributed by atoms with Crippen LogP contribution in [0.5, 0.6) is 0 Å². The molecule has 0 aliphatic heterocycles. The highest BCUT2D eigenvalue weighted by Gasteiger charge is 2.22. The summed E-state index contributed by atoms with van der Waals surface area (Å²) in [5, 5.41) is 0. The lowest BCUT2D eigenvalue weighted by Crippen LogP contribution is -2.34. The molecule has 0 saturated heterocycles. The number of carbonyl (C=O) groups is 1. The Kier molecular flexibility index (Phi) is 5.29. The molecule has 0 heterocycles. The van der Waals surface area contributed by atoms with Gasteiger partial charge in [-0.05, 0) is 19.1 Å². The van der Waals surface area contributed by atoms with Crippen molar-refractivity contribution in [2.24, 2.45) is 5.73 Å². The summed E-state index contributed by atoms with van der Waals surface area (Å²) in [4.78, 5) is 13.5. The zero-order chi connectivity index (χ0) is 14.6. The van der Waals surface area contributed by atoms with Crippen molar-refractivity contribution in [1.29, 1.82) is 0 Å². The van der Waals surface area contributed by atoms with Gasteiger partial charge in [-0.3, -0.25) is 4.79 Å². The summed E-state index contributed by atoms with van der Waals surface area (Å²) in [5.74, 6) is -5.20. The molecule has 0 aliphatic rings. The average molecular weight is 290 g/mol. The Bertz CT molecular complexity index is 508. The largest absolute Gasteiger partial charge is 0.393 e. The van der Waals surface area contributed by atoms with E-state index in [0.29, 0.717) is 6.07 Å². The molecule has 19 heavy (non-hydrogen) atoms. The second kappa shape index (κ2) is 6.51. The van der Waals surface area contributed by atoms with E-state index in [2.05, 4.69) is 12.2 Å². The van der Waals surface area contributed by atoms with E-state index in [1.807, 2.05) is 0 Å². The SMILES string of the molecule is CCN(CCC(N)=S)C(=O)c1ccc(F)c(F)c1F. The number of benzene rings is 1. The summed E-state index contributed by atoms with van der Waals surface area (Å²) in [6, 6.07) is 1.63. The Morgan fingerprint density at radius 1 is 1.32 bits per heavy atom. The molecule has 3 nitrogen and oxygen atoms in total. The first-order valence-corrected chi connectivity index (χ1v) is 6.00.